The second-order valence-corrected chi connectivity index (χ2v) is 7.94. The van der Waals surface area contributed by atoms with Gasteiger partial charge in [-0.15, -0.1) is 11.3 Å². The smallest absolute Gasteiger partial charge is 0.233 e. The lowest BCUT2D eigenvalue weighted by Gasteiger charge is -2.10. The number of aromatic nitrogens is 2. The zero-order valence-corrected chi connectivity index (χ0v) is 15.6. The van der Waals surface area contributed by atoms with Crippen molar-refractivity contribution in [2.24, 2.45) is 0 Å². The number of fused-ring (bicyclic) bond motifs is 1. The summed E-state index contributed by atoms with van der Waals surface area (Å²) in [4.78, 5) is 21.8. The summed E-state index contributed by atoms with van der Waals surface area (Å²) in [6, 6.07) is 8.37. The molecule has 130 valence electrons. The fourth-order valence-electron chi connectivity index (χ4n) is 2.29. The number of thiophene rings is 1. The Kier molecular flexibility index (Phi) is 5.65. The zero-order valence-electron chi connectivity index (χ0n) is 14.0. The lowest BCUT2D eigenvalue weighted by Crippen LogP contribution is -2.31. The van der Waals surface area contributed by atoms with Crippen molar-refractivity contribution in [3.8, 4) is 10.4 Å². The molecule has 3 rings (SSSR count). The molecule has 0 saturated heterocycles. The maximum atomic E-state index is 13.1. The molecule has 0 fully saturated rings. The van der Waals surface area contributed by atoms with E-state index in [1.54, 1.807) is 23.5 Å². The van der Waals surface area contributed by atoms with Crippen LogP contribution in [0, 0.1) is 5.82 Å². The molecule has 1 N–H and O–H groups in total. The number of thioether (sulfide) groups is 1. The second-order valence-electron chi connectivity index (χ2n) is 5.56. The van der Waals surface area contributed by atoms with Gasteiger partial charge in [-0.05, 0) is 37.1 Å². The molecule has 1 atom stereocenters. The largest absolute Gasteiger partial charge is 0.355 e. The Morgan fingerprint density at radius 3 is 2.80 bits per heavy atom. The number of nitrogens with zero attached hydrogens (tertiary/aromatic N) is 2. The molecule has 0 aliphatic rings. The molecule has 1 amide bonds. The van der Waals surface area contributed by atoms with Gasteiger partial charge < -0.3 is 5.32 Å². The first-order valence-electron chi connectivity index (χ1n) is 8.03. The molecule has 0 spiro atoms. The highest BCUT2D eigenvalue weighted by Crippen LogP contribution is 2.38. The third kappa shape index (κ3) is 4.16. The average Bonchev–Trinajstić information content (AvgIpc) is 3.05. The first kappa shape index (κ1) is 17.8. The lowest BCUT2D eigenvalue weighted by atomic mass is 10.2. The monoisotopic (exact) mass is 375 g/mol. The third-order valence-electron chi connectivity index (χ3n) is 3.61. The van der Waals surface area contributed by atoms with Crippen LogP contribution in [0.2, 0.25) is 0 Å². The van der Waals surface area contributed by atoms with Crippen LogP contribution >= 0.6 is 23.1 Å². The van der Waals surface area contributed by atoms with Crippen LogP contribution in [-0.4, -0.2) is 27.7 Å². The number of carbonyl (C=O) groups is 1. The van der Waals surface area contributed by atoms with Crippen molar-refractivity contribution in [2.75, 3.05) is 6.54 Å². The molecule has 25 heavy (non-hydrogen) atoms. The fourth-order valence-corrected chi connectivity index (χ4v) is 4.40. The number of amides is 1. The van der Waals surface area contributed by atoms with E-state index in [0.717, 1.165) is 32.1 Å². The summed E-state index contributed by atoms with van der Waals surface area (Å²) in [5.41, 5.74) is 1.78. The standard InChI is InChI=1S/C18H18FN3OS2/c1-3-8-20-17(23)11(2)24-18-16-14(21-10-22-18)9-15(25-16)12-4-6-13(19)7-5-12/h4-7,9-11H,3,8H2,1-2H3,(H,20,23)/t11-/m1/s1. The summed E-state index contributed by atoms with van der Waals surface area (Å²) in [5.74, 6) is -0.248. The van der Waals surface area contributed by atoms with Crippen molar-refractivity contribution >= 4 is 39.2 Å². The summed E-state index contributed by atoms with van der Waals surface area (Å²) in [6.45, 7) is 4.57. The van der Waals surface area contributed by atoms with Crippen molar-refractivity contribution in [3.63, 3.8) is 0 Å². The van der Waals surface area contributed by atoms with Crippen LogP contribution in [0.15, 0.2) is 41.7 Å². The molecule has 0 radical (unpaired) electrons. The van der Waals surface area contributed by atoms with Gasteiger partial charge in [0, 0.05) is 11.4 Å². The molecule has 0 aliphatic carbocycles. The van der Waals surface area contributed by atoms with Crippen molar-refractivity contribution < 1.29 is 9.18 Å². The number of benzene rings is 1. The minimum absolute atomic E-state index is 0.00827. The van der Waals surface area contributed by atoms with E-state index in [9.17, 15) is 9.18 Å². The predicted octanol–water partition coefficient (Wildman–Crippen LogP) is 4.50. The first-order chi connectivity index (χ1) is 12.1. The van der Waals surface area contributed by atoms with Crippen LogP contribution in [0.5, 0.6) is 0 Å². The Hall–Kier alpha value is -1.99. The quantitative estimate of drug-likeness (QED) is 0.509. The van der Waals surface area contributed by atoms with E-state index >= 15 is 0 Å². The van der Waals surface area contributed by atoms with Gasteiger partial charge in [-0.1, -0.05) is 30.8 Å². The van der Waals surface area contributed by atoms with E-state index in [4.69, 9.17) is 0 Å². The molecular formula is C18H18FN3OS2. The van der Waals surface area contributed by atoms with E-state index in [2.05, 4.69) is 15.3 Å². The lowest BCUT2D eigenvalue weighted by molar-refractivity contribution is -0.120. The number of rotatable bonds is 6. The maximum Gasteiger partial charge on any atom is 0.233 e. The summed E-state index contributed by atoms with van der Waals surface area (Å²) in [5, 5.41) is 3.46. The van der Waals surface area contributed by atoms with Gasteiger partial charge >= 0.3 is 0 Å². The van der Waals surface area contributed by atoms with Crippen molar-refractivity contribution in [2.45, 2.75) is 30.5 Å². The molecule has 2 aromatic heterocycles. The molecular weight excluding hydrogens is 357 g/mol. The van der Waals surface area contributed by atoms with Crippen LogP contribution in [0.3, 0.4) is 0 Å². The summed E-state index contributed by atoms with van der Waals surface area (Å²) in [7, 11) is 0. The van der Waals surface area contributed by atoms with Gasteiger partial charge in [-0.3, -0.25) is 4.79 Å². The highest BCUT2D eigenvalue weighted by molar-refractivity contribution is 8.00. The minimum atomic E-state index is -0.257. The number of hydrogen-bond acceptors (Lipinski definition) is 5. The van der Waals surface area contributed by atoms with Gasteiger partial charge in [-0.2, -0.15) is 0 Å². The number of nitrogens with one attached hydrogen (secondary N) is 1. The Balaban J connectivity index is 1.87. The molecule has 0 aliphatic heterocycles. The molecule has 0 unspecified atom stereocenters. The van der Waals surface area contributed by atoms with Crippen molar-refractivity contribution in [1.29, 1.82) is 0 Å². The van der Waals surface area contributed by atoms with Gasteiger partial charge in [0.15, 0.2) is 0 Å². The van der Waals surface area contributed by atoms with Gasteiger partial charge in [0.2, 0.25) is 5.91 Å². The predicted molar refractivity (Wildman–Crippen MR) is 101 cm³/mol. The normalized spacial score (nSPS) is 12.3. The number of carbonyl (C=O) groups excluding carboxylic acids is 1. The number of halogens is 1. The van der Waals surface area contributed by atoms with Crippen LogP contribution < -0.4 is 5.32 Å². The zero-order chi connectivity index (χ0) is 17.8. The second kappa shape index (κ2) is 7.93. The summed E-state index contributed by atoms with van der Waals surface area (Å²) in [6.07, 6.45) is 2.43. The van der Waals surface area contributed by atoms with Crippen LogP contribution in [0.25, 0.3) is 20.7 Å². The SMILES string of the molecule is CCCNC(=O)[C@@H](C)Sc1ncnc2cc(-c3ccc(F)cc3)sc12. The molecule has 3 aromatic rings. The molecule has 4 nitrogen and oxygen atoms in total. The van der Waals surface area contributed by atoms with Gasteiger partial charge in [0.25, 0.3) is 0 Å². The van der Waals surface area contributed by atoms with E-state index < -0.39 is 0 Å². The molecule has 2 heterocycles. The topological polar surface area (TPSA) is 54.9 Å². The Morgan fingerprint density at radius 1 is 1.32 bits per heavy atom. The third-order valence-corrected chi connectivity index (χ3v) is 6.02. The molecule has 7 heteroatoms. The Labute approximate surface area is 153 Å². The van der Waals surface area contributed by atoms with Crippen molar-refractivity contribution in [1.82, 2.24) is 15.3 Å². The minimum Gasteiger partial charge on any atom is -0.355 e. The number of hydrogen-bond donors (Lipinski definition) is 1. The molecule has 0 saturated carbocycles. The molecule has 0 bridgehead atoms. The van der Waals surface area contributed by atoms with Gasteiger partial charge in [-0.25, -0.2) is 14.4 Å². The Bertz CT molecular complexity index is 880. The van der Waals surface area contributed by atoms with Crippen LogP contribution in [0.4, 0.5) is 4.39 Å². The highest BCUT2D eigenvalue weighted by Gasteiger charge is 2.18. The van der Waals surface area contributed by atoms with Gasteiger partial charge in [0.05, 0.1) is 15.5 Å². The van der Waals surface area contributed by atoms with Crippen LogP contribution in [0.1, 0.15) is 20.3 Å². The summed E-state index contributed by atoms with van der Waals surface area (Å²) >= 11 is 2.98. The summed E-state index contributed by atoms with van der Waals surface area (Å²) < 4.78 is 14.1. The van der Waals surface area contributed by atoms with E-state index in [-0.39, 0.29) is 17.0 Å². The van der Waals surface area contributed by atoms with E-state index in [1.807, 2.05) is 19.9 Å². The highest BCUT2D eigenvalue weighted by atomic mass is 32.2. The maximum absolute atomic E-state index is 13.1. The van der Waals surface area contributed by atoms with E-state index in [1.165, 1.54) is 30.2 Å². The molecule has 1 aromatic carbocycles. The van der Waals surface area contributed by atoms with Gasteiger partial charge in [0.1, 0.15) is 17.2 Å². The average molecular weight is 375 g/mol. The van der Waals surface area contributed by atoms with E-state index in [0.29, 0.717) is 6.54 Å². The van der Waals surface area contributed by atoms with Crippen LogP contribution in [-0.2, 0) is 4.79 Å². The Morgan fingerprint density at radius 2 is 2.08 bits per heavy atom. The fraction of sp³-hybridized carbons (Fsp3) is 0.278. The first-order valence-corrected chi connectivity index (χ1v) is 9.73. The van der Waals surface area contributed by atoms with Crippen molar-refractivity contribution in [3.05, 3.63) is 42.5 Å².